The van der Waals surface area contributed by atoms with Gasteiger partial charge in [-0.05, 0) is 75.0 Å². The molecule has 57 heavy (non-hydrogen) atoms. The molecule has 2 bridgehead atoms. The highest BCUT2D eigenvalue weighted by molar-refractivity contribution is 5.90. The summed E-state index contributed by atoms with van der Waals surface area (Å²) >= 11 is 0. The number of piperidine rings is 1. The summed E-state index contributed by atoms with van der Waals surface area (Å²) in [6.07, 6.45) is 8.16. The van der Waals surface area contributed by atoms with Gasteiger partial charge in [-0.25, -0.2) is 9.97 Å². The Morgan fingerprint density at radius 2 is 1.65 bits per heavy atom. The highest BCUT2D eigenvalue weighted by atomic mass is 16.5. The van der Waals surface area contributed by atoms with Crippen LogP contribution in [0.2, 0.25) is 0 Å². The van der Waals surface area contributed by atoms with Crippen LogP contribution in [0.1, 0.15) is 97.0 Å². The lowest BCUT2D eigenvalue weighted by Crippen LogP contribution is -2.60. The number of benzene rings is 1. The molecule has 3 heterocycles. The lowest BCUT2D eigenvalue weighted by atomic mass is 9.89. The molecule has 13 nitrogen and oxygen atoms in total. The van der Waals surface area contributed by atoms with Gasteiger partial charge in [0.1, 0.15) is 6.04 Å². The molecule has 4 amide bonds. The normalized spacial score (nSPS) is 24.4. The minimum absolute atomic E-state index is 0.000781. The predicted molar refractivity (Wildman–Crippen MR) is 219 cm³/mol. The average molecular weight is 790 g/mol. The monoisotopic (exact) mass is 790 g/mol. The van der Waals surface area contributed by atoms with Gasteiger partial charge in [0.2, 0.25) is 23.6 Å². The fraction of sp³-hybridized carbons (Fsp3) is 0.682. The fourth-order valence-corrected chi connectivity index (χ4v) is 9.74. The molecule has 0 radical (unpaired) electrons. The van der Waals surface area contributed by atoms with E-state index >= 15 is 0 Å². The van der Waals surface area contributed by atoms with Crippen molar-refractivity contribution in [1.29, 1.82) is 0 Å². The van der Waals surface area contributed by atoms with E-state index in [1.807, 2.05) is 63.1 Å². The van der Waals surface area contributed by atoms with Crippen LogP contribution in [0.25, 0.3) is 0 Å². The van der Waals surface area contributed by atoms with Crippen molar-refractivity contribution in [2.45, 2.75) is 134 Å². The molecule has 1 aromatic heterocycles. The van der Waals surface area contributed by atoms with E-state index in [0.29, 0.717) is 37.2 Å². The van der Waals surface area contributed by atoms with E-state index in [-0.39, 0.29) is 54.0 Å². The SMILES string of the molecule is CC[C@H](C)[C@@H]([C@@H](CC(=O)N1CCCC1[C@H](OC)[C@@H](C)C(=O)N[C@H](Cc1ccccc1)c1ncccn1)OC)N(C)C(=O)C(NC(=O)[C@@H]1[C@H]2CC[C@H](C2)N1C)C(C)C. The van der Waals surface area contributed by atoms with Gasteiger partial charge in [-0.3, -0.25) is 24.1 Å². The Hall–Kier alpha value is -3.94. The Balaban J connectivity index is 1.27. The van der Waals surface area contributed by atoms with Crippen LogP contribution >= 0.6 is 0 Å². The molecule has 2 saturated heterocycles. The second kappa shape index (κ2) is 20.2. The van der Waals surface area contributed by atoms with Gasteiger partial charge in [0.15, 0.2) is 5.82 Å². The number of likely N-dealkylation sites (N-methyl/N-ethyl adjacent to an activating group) is 2. The number of rotatable bonds is 19. The Morgan fingerprint density at radius 1 is 0.947 bits per heavy atom. The van der Waals surface area contributed by atoms with Gasteiger partial charge >= 0.3 is 0 Å². The minimum Gasteiger partial charge on any atom is -0.379 e. The maximum atomic E-state index is 14.4. The van der Waals surface area contributed by atoms with E-state index < -0.39 is 36.3 Å². The molecule has 3 aliphatic rings. The number of methoxy groups -OCH3 is 2. The van der Waals surface area contributed by atoms with Crippen molar-refractivity contribution < 1.29 is 28.7 Å². The number of nitrogens with one attached hydrogen (secondary N) is 2. The van der Waals surface area contributed by atoms with Gasteiger partial charge in [0.05, 0.1) is 48.7 Å². The molecule has 0 spiro atoms. The van der Waals surface area contributed by atoms with Gasteiger partial charge in [0, 0.05) is 46.2 Å². The number of nitrogens with zero attached hydrogens (tertiary/aromatic N) is 5. The summed E-state index contributed by atoms with van der Waals surface area (Å²) < 4.78 is 12.1. The van der Waals surface area contributed by atoms with Gasteiger partial charge in [0.25, 0.3) is 0 Å². The summed E-state index contributed by atoms with van der Waals surface area (Å²) in [4.78, 5) is 71.0. The van der Waals surface area contributed by atoms with Crippen molar-refractivity contribution in [1.82, 2.24) is 35.3 Å². The van der Waals surface area contributed by atoms with Crippen LogP contribution < -0.4 is 10.6 Å². The summed E-state index contributed by atoms with van der Waals surface area (Å²) in [5.74, 6) is -0.477. The van der Waals surface area contributed by atoms with Gasteiger partial charge in [-0.15, -0.1) is 0 Å². The van der Waals surface area contributed by atoms with Crippen molar-refractivity contribution in [3.8, 4) is 0 Å². The van der Waals surface area contributed by atoms with Crippen molar-refractivity contribution in [2.75, 3.05) is 34.9 Å². The third-order valence-electron chi connectivity index (χ3n) is 13.2. The van der Waals surface area contributed by atoms with Crippen LogP contribution in [0.5, 0.6) is 0 Å². The van der Waals surface area contributed by atoms with Crippen molar-refractivity contribution >= 4 is 23.6 Å². The van der Waals surface area contributed by atoms with Crippen molar-refractivity contribution in [3.63, 3.8) is 0 Å². The van der Waals surface area contributed by atoms with E-state index in [9.17, 15) is 19.2 Å². The van der Waals surface area contributed by atoms with Crippen LogP contribution in [0.15, 0.2) is 48.8 Å². The number of fused-ring (bicyclic) bond motifs is 2. The third kappa shape index (κ3) is 10.2. The molecule has 1 aromatic carbocycles. The van der Waals surface area contributed by atoms with Gasteiger partial charge < -0.3 is 29.9 Å². The topological polar surface area (TPSA) is 146 Å². The largest absolute Gasteiger partial charge is 0.379 e. The number of ether oxygens (including phenoxy) is 2. The summed E-state index contributed by atoms with van der Waals surface area (Å²) in [6.45, 7) is 10.4. The first kappa shape index (κ1) is 44.2. The molecular formula is C44H67N7O6. The quantitative estimate of drug-likeness (QED) is 0.211. The molecule has 2 N–H and O–H groups in total. The maximum Gasteiger partial charge on any atom is 0.245 e. The van der Waals surface area contributed by atoms with Crippen LogP contribution in [-0.2, 0) is 35.1 Å². The zero-order chi connectivity index (χ0) is 41.4. The molecule has 1 aliphatic carbocycles. The van der Waals surface area contributed by atoms with Crippen LogP contribution in [0, 0.1) is 23.7 Å². The van der Waals surface area contributed by atoms with E-state index in [1.165, 1.54) is 0 Å². The molecule has 2 aromatic rings. The molecule has 2 aliphatic heterocycles. The van der Waals surface area contributed by atoms with Crippen molar-refractivity contribution in [3.05, 3.63) is 60.2 Å². The van der Waals surface area contributed by atoms with E-state index in [0.717, 1.165) is 37.7 Å². The third-order valence-corrected chi connectivity index (χ3v) is 13.2. The molecule has 314 valence electrons. The summed E-state index contributed by atoms with van der Waals surface area (Å²) in [6, 6.07) is 9.94. The maximum absolute atomic E-state index is 14.4. The van der Waals surface area contributed by atoms with Crippen LogP contribution in [-0.4, -0.2) is 126 Å². The lowest BCUT2D eigenvalue weighted by Gasteiger charge is -2.41. The number of carbonyl (C=O) groups excluding carboxylic acids is 4. The second-order valence-corrected chi connectivity index (χ2v) is 17.0. The second-order valence-electron chi connectivity index (χ2n) is 17.0. The molecule has 5 rings (SSSR count). The summed E-state index contributed by atoms with van der Waals surface area (Å²) in [7, 11) is 6.97. The Morgan fingerprint density at radius 3 is 2.25 bits per heavy atom. The highest BCUT2D eigenvalue weighted by Crippen LogP contribution is 2.41. The van der Waals surface area contributed by atoms with E-state index in [2.05, 4.69) is 39.3 Å². The molecule has 2 unspecified atom stereocenters. The molecule has 13 heteroatoms. The number of likely N-dealkylation sites (tertiary alicyclic amines) is 2. The zero-order valence-corrected chi connectivity index (χ0v) is 35.6. The number of amides is 4. The van der Waals surface area contributed by atoms with Gasteiger partial charge in [-0.1, -0.05) is 71.4 Å². The smallest absolute Gasteiger partial charge is 0.245 e. The predicted octanol–water partition coefficient (Wildman–Crippen LogP) is 4.42. The van der Waals surface area contributed by atoms with E-state index in [4.69, 9.17) is 9.47 Å². The lowest BCUT2D eigenvalue weighted by molar-refractivity contribution is -0.148. The zero-order valence-electron chi connectivity index (χ0n) is 35.6. The van der Waals surface area contributed by atoms with Crippen LogP contribution in [0.4, 0.5) is 0 Å². The molecule has 3 fully saturated rings. The van der Waals surface area contributed by atoms with Crippen molar-refractivity contribution in [2.24, 2.45) is 23.7 Å². The Bertz CT molecular complexity index is 1630. The standard InChI is InChI=1S/C44H67N7O6/c1-10-28(4)38(50(7)44(55)37(27(2)3)48-43(54)39-31-19-20-32(25-31)49(39)6)35(56-8)26-36(52)51-23-14-18-34(51)40(57-9)29(5)42(53)47-33(41-45-21-15-22-46-41)24-30-16-12-11-13-17-30/h11-13,15-17,21-22,27-29,31-35,37-40H,10,14,18-20,23-26H2,1-9H3,(H,47,53)(H,48,54)/t28-,29+,31-,32+,33+,34?,35+,37?,38-,39-,40+/m0/s1. The first-order valence-electron chi connectivity index (χ1n) is 21.1. The first-order chi connectivity index (χ1) is 27.3. The molecular weight excluding hydrogens is 723 g/mol. The van der Waals surface area contributed by atoms with Gasteiger partial charge in [-0.2, -0.15) is 0 Å². The highest BCUT2D eigenvalue weighted by Gasteiger charge is 2.49. The average Bonchev–Trinajstić information content (AvgIpc) is 3.97. The molecule has 1 saturated carbocycles. The van der Waals surface area contributed by atoms with E-state index in [1.54, 1.807) is 44.6 Å². The summed E-state index contributed by atoms with van der Waals surface area (Å²) in [5.41, 5.74) is 1.04. The number of aromatic nitrogens is 2. The van der Waals surface area contributed by atoms with Crippen LogP contribution in [0.3, 0.4) is 0 Å². The minimum atomic E-state index is -0.714. The number of hydrogen-bond acceptors (Lipinski definition) is 9. The fourth-order valence-electron chi connectivity index (χ4n) is 9.74. The Labute approximate surface area is 340 Å². The first-order valence-corrected chi connectivity index (χ1v) is 21.1. The number of carbonyl (C=O) groups is 4. The summed E-state index contributed by atoms with van der Waals surface area (Å²) in [5, 5.41) is 6.33. The number of hydrogen-bond donors (Lipinski definition) is 2. The Kier molecular flexibility index (Phi) is 15.6. The molecule has 11 atom stereocenters.